The van der Waals surface area contributed by atoms with Gasteiger partial charge in [0, 0.05) is 18.7 Å². The SMILES string of the molecule is CN(C1CC1)[C@H](c1ccc(C#N)cc1)c1ccc(F)c(NC(=O)c2cc(C(F)(F)F)nn2-c2cccc(CN)c2)c1. The van der Waals surface area contributed by atoms with Gasteiger partial charge in [-0.25, -0.2) is 9.07 Å². The highest BCUT2D eigenvalue weighted by Crippen LogP contribution is 2.38. The van der Waals surface area contributed by atoms with E-state index in [9.17, 15) is 23.2 Å². The second-order valence-electron chi connectivity index (χ2n) is 9.92. The molecule has 7 nitrogen and oxygen atoms in total. The van der Waals surface area contributed by atoms with Crippen molar-refractivity contribution >= 4 is 11.6 Å². The van der Waals surface area contributed by atoms with Crippen molar-refractivity contribution < 1.29 is 22.4 Å². The van der Waals surface area contributed by atoms with Gasteiger partial charge < -0.3 is 11.1 Å². The van der Waals surface area contributed by atoms with Gasteiger partial charge in [-0.15, -0.1) is 0 Å². The number of carbonyl (C=O) groups is 1. The first-order chi connectivity index (χ1) is 19.6. The maximum Gasteiger partial charge on any atom is 0.435 e. The zero-order valence-corrected chi connectivity index (χ0v) is 22.0. The Morgan fingerprint density at radius 3 is 2.46 bits per heavy atom. The lowest BCUT2D eigenvalue weighted by Gasteiger charge is -2.29. The molecule has 1 amide bonds. The van der Waals surface area contributed by atoms with Crippen LogP contribution in [0, 0.1) is 17.1 Å². The standard InChI is InChI=1S/C30H26F4N6O/c1-39(22-10-11-22)28(20-7-5-18(16-35)6-8-20)21-9-12-24(31)25(14-21)37-29(41)26-15-27(30(32,33)34)38-40(26)23-4-2-3-19(13-23)17-36/h2-9,12-15,22,28H,10-11,17,36H2,1H3,(H,37,41)/t28-/m1/s1. The molecule has 5 rings (SSSR count). The van der Waals surface area contributed by atoms with E-state index in [1.165, 1.54) is 24.3 Å². The Morgan fingerprint density at radius 2 is 1.83 bits per heavy atom. The normalized spacial score (nSPS) is 14.1. The summed E-state index contributed by atoms with van der Waals surface area (Å²) in [6.45, 7) is 0.135. The van der Waals surface area contributed by atoms with Crippen molar-refractivity contribution in [3.05, 3.63) is 112 Å². The van der Waals surface area contributed by atoms with Gasteiger partial charge >= 0.3 is 6.18 Å². The van der Waals surface area contributed by atoms with Gasteiger partial charge in [-0.2, -0.15) is 23.5 Å². The van der Waals surface area contributed by atoms with E-state index in [1.54, 1.807) is 30.3 Å². The first-order valence-electron chi connectivity index (χ1n) is 12.9. The van der Waals surface area contributed by atoms with Gasteiger partial charge in [-0.1, -0.05) is 30.3 Å². The summed E-state index contributed by atoms with van der Waals surface area (Å²) in [6, 6.07) is 20.4. The molecular formula is C30H26F4N6O. The third kappa shape index (κ3) is 5.99. The molecule has 0 saturated heterocycles. The zero-order chi connectivity index (χ0) is 29.3. The first-order valence-corrected chi connectivity index (χ1v) is 12.9. The van der Waals surface area contributed by atoms with E-state index >= 15 is 4.39 Å². The van der Waals surface area contributed by atoms with E-state index in [0.29, 0.717) is 28.8 Å². The fourth-order valence-corrected chi connectivity index (χ4v) is 4.78. The van der Waals surface area contributed by atoms with Gasteiger partial charge in [-0.05, 0) is 73.0 Å². The summed E-state index contributed by atoms with van der Waals surface area (Å²) in [4.78, 5) is 15.5. The van der Waals surface area contributed by atoms with Gasteiger partial charge in [0.25, 0.3) is 5.91 Å². The molecule has 1 aromatic heterocycles. The number of anilines is 1. The number of nitriles is 1. The number of nitrogens with one attached hydrogen (secondary N) is 1. The maximum absolute atomic E-state index is 15.0. The lowest BCUT2D eigenvalue weighted by molar-refractivity contribution is -0.141. The first kappa shape index (κ1) is 28.0. The van der Waals surface area contributed by atoms with Gasteiger partial charge in [0.1, 0.15) is 11.5 Å². The van der Waals surface area contributed by atoms with Crippen LogP contribution in [0.4, 0.5) is 23.2 Å². The fourth-order valence-electron chi connectivity index (χ4n) is 4.78. The molecule has 210 valence electrons. The minimum Gasteiger partial charge on any atom is -0.326 e. The number of alkyl halides is 3. The second kappa shape index (κ2) is 11.2. The number of carbonyl (C=O) groups excluding carboxylic acids is 1. The van der Waals surface area contributed by atoms with E-state index in [2.05, 4.69) is 21.4 Å². The van der Waals surface area contributed by atoms with Crippen molar-refractivity contribution in [1.82, 2.24) is 14.7 Å². The third-order valence-electron chi connectivity index (χ3n) is 7.06. The average Bonchev–Trinajstić information content (AvgIpc) is 3.71. The van der Waals surface area contributed by atoms with Crippen LogP contribution in [-0.2, 0) is 12.7 Å². The number of hydrogen-bond acceptors (Lipinski definition) is 5. The molecule has 1 fully saturated rings. The van der Waals surface area contributed by atoms with Crippen LogP contribution in [0.1, 0.15) is 57.3 Å². The van der Waals surface area contributed by atoms with Crippen LogP contribution in [0.3, 0.4) is 0 Å². The van der Waals surface area contributed by atoms with Crippen LogP contribution in [-0.4, -0.2) is 33.7 Å². The Morgan fingerprint density at radius 1 is 1.12 bits per heavy atom. The van der Waals surface area contributed by atoms with Crippen molar-refractivity contribution in [2.45, 2.75) is 37.6 Å². The highest BCUT2D eigenvalue weighted by molar-refractivity contribution is 6.03. The van der Waals surface area contributed by atoms with Crippen LogP contribution in [0.15, 0.2) is 72.8 Å². The number of nitrogens with zero attached hydrogens (tertiary/aromatic N) is 4. The molecule has 0 bridgehead atoms. The van der Waals surface area contributed by atoms with Gasteiger partial charge in [0.15, 0.2) is 5.69 Å². The Kier molecular flexibility index (Phi) is 7.62. The van der Waals surface area contributed by atoms with E-state index in [-0.39, 0.29) is 24.0 Å². The zero-order valence-electron chi connectivity index (χ0n) is 22.0. The summed E-state index contributed by atoms with van der Waals surface area (Å²) in [5, 5.41) is 15.3. The van der Waals surface area contributed by atoms with Crippen molar-refractivity contribution in [3.63, 3.8) is 0 Å². The lowest BCUT2D eigenvalue weighted by atomic mass is 9.95. The number of amides is 1. The van der Waals surface area contributed by atoms with Crippen LogP contribution >= 0.6 is 0 Å². The molecule has 3 aromatic carbocycles. The van der Waals surface area contributed by atoms with Crippen LogP contribution < -0.4 is 11.1 Å². The Hall–Kier alpha value is -4.53. The molecule has 0 spiro atoms. The Bertz CT molecular complexity index is 1620. The number of rotatable bonds is 8. The summed E-state index contributed by atoms with van der Waals surface area (Å²) >= 11 is 0. The van der Waals surface area contributed by atoms with E-state index in [4.69, 9.17) is 5.73 Å². The molecule has 4 aromatic rings. The number of nitrogens with two attached hydrogens (primary N) is 1. The molecule has 0 radical (unpaired) electrons. The summed E-state index contributed by atoms with van der Waals surface area (Å²) in [5.41, 5.74) is 6.68. The third-order valence-corrected chi connectivity index (χ3v) is 7.06. The summed E-state index contributed by atoms with van der Waals surface area (Å²) in [6.07, 6.45) is -2.80. The molecular weight excluding hydrogens is 536 g/mol. The van der Waals surface area contributed by atoms with Crippen LogP contribution in [0.2, 0.25) is 0 Å². The molecule has 0 unspecified atom stereocenters. The molecule has 1 aliphatic rings. The molecule has 1 aliphatic carbocycles. The highest BCUT2D eigenvalue weighted by Gasteiger charge is 2.37. The number of benzene rings is 3. The second-order valence-corrected chi connectivity index (χ2v) is 9.92. The van der Waals surface area contributed by atoms with E-state index < -0.39 is 29.3 Å². The van der Waals surface area contributed by atoms with Crippen molar-refractivity contribution in [3.8, 4) is 11.8 Å². The predicted molar refractivity (Wildman–Crippen MR) is 145 cm³/mol. The molecule has 11 heteroatoms. The summed E-state index contributed by atoms with van der Waals surface area (Å²) in [7, 11) is 1.95. The fraction of sp³-hybridized carbons (Fsp3) is 0.233. The molecule has 41 heavy (non-hydrogen) atoms. The van der Waals surface area contributed by atoms with Crippen LogP contribution in [0.25, 0.3) is 5.69 Å². The molecule has 1 saturated carbocycles. The smallest absolute Gasteiger partial charge is 0.326 e. The van der Waals surface area contributed by atoms with Crippen LogP contribution in [0.5, 0.6) is 0 Å². The number of halogens is 4. The van der Waals surface area contributed by atoms with Gasteiger partial charge in [0.2, 0.25) is 0 Å². The predicted octanol–water partition coefficient (Wildman–Crippen LogP) is 5.80. The highest BCUT2D eigenvalue weighted by atomic mass is 19.4. The van der Waals surface area contributed by atoms with Gasteiger partial charge in [0.05, 0.1) is 29.0 Å². The van der Waals surface area contributed by atoms with Crippen molar-refractivity contribution in [2.24, 2.45) is 5.73 Å². The van der Waals surface area contributed by atoms with Gasteiger partial charge in [-0.3, -0.25) is 9.69 Å². The lowest BCUT2D eigenvalue weighted by Crippen LogP contribution is -2.28. The molecule has 0 aliphatic heterocycles. The Balaban J connectivity index is 1.51. The molecule has 1 atom stereocenters. The minimum absolute atomic E-state index is 0.135. The number of aromatic nitrogens is 2. The number of hydrogen-bond donors (Lipinski definition) is 2. The maximum atomic E-state index is 15.0. The quantitative estimate of drug-likeness (QED) is 0.265. The molecule has 1 heterocycles. The topological polar surface area (TPSA) is 100.0 Å². The van der Waals surface area contributed by atoms with Crippen molar-refractivity contribution in [1.29, 1.82) is 5.26 Å². The van der Waals surface area contributed by atoms with E-state index in [0.717, 1.165) is 23.1 Å². The summed E-state index contributed by atoms with van der Waals surface area (Å²) < 4.78 is 56.6. The van der Waals surface area contributed by atoms with E-state index in [1.807, 2.05) is 19.2 Å². The molecule has 3 N–H and O–H groups in total. The summed E-state index contributed by atoms with van der Waals surface area (Å²) in [5.74, 6) is -1.71. The average molecular weight is 563 g/mol. The van der Waals surface area contributed by atoms with Crippen molar-refractivity contribution in [2.75, 3.05) is 12.4 Å². The largest absolute Gasteiger partial charge is 0.435 e. The minimum atomic E-state index is -4.81. The Labute approximate surface area is 233 Å². The monoisotopic (exact) mass is 562 g/mol.